The maximum Gasteiger partial charge on any atom is 0.116 e. The molecule has 0 aliphatic rings. The van der Waals surface area contributed by atoms with Crippen LogP contribution in [0.15, 0.2) is 24.3 Å². The number of hydrogen-bond acceptors (Lipinski definition) is 1. The Labute approximate surface area is 81.2 Å². The second-order valence-electron chi connectivity index (χ2n) is 2.61. The van der Waals surface area contributed by atoms with Crippen molar-refractivity contribution in [2.75, 3.05) is 17.6 Å². The molecule has 13 heavy (non-hydrogen) atoms. The summed E-state index contributed by atoms with van der Waals surface area (Å²) in [6, 6.07) is 7.38. The lowest BCUT2D eigenvalue weighted by Crippen LogP contribution is -2.18. The first-order valence-corrected chi connectivity index (χ1v) is 5.30. The van der Waals surface area contributed by atoms with Gasteiger partial charge in [-0.15, -0.1) is 6.42 Å². The molecule has 0 aromatic heterocycles. The van der Waals surface area contributed by atoms with E-state index in [2.05, 4.69) is 5.92 Å². The minimum atomic E-state index is -0.988. The van der Waals surface area contributed by atoms with E-state index in [0.29, 0.717) is 0 Å². The van der Waals surface area contributed by atoms with Gasteiger partial charge in [-0.05, 0) is 24.3 Å². The van der Waals surface area contributed by atoms with E-state index in [4.69, 9.17) is 6.42 Å². The number of nitrogens with zero attached hydrogens (tertiary/aromatic N) is 1. The average molecular weight is 193 g/mol. The van der Waals surface area contributed by atoms with Crippen molar-refractivity contribution in [2.24, 2.45) is 0 Å². The molecule has 1 aromatic carbocycles. The van der Waals surface area contributed by atoms with Crippen molar-refractivity contribution < 1.29 is 4.21 Å². The number of benzene rings is 1. The molecular formula is C10H11NOS. The highest BCUT2D eigenvalue weighted by molar-refractivity contribution is 7.85. The van der Waals surface area contributed by atoms with Gasteiger partial charge in [-0.3, -0.25) is 4.31 Å². The quantitative estimate of drug-likeness (QED) is 0.650. The molecule has 0 aliphatic carbocycles. The van der Waals surface area contributed by atoms with E-state index in [1.807, 2.05) is 24.3 Å². The molecule has 0 saturated heterocycles. The molecule has 0 N–H and O–H groups in total. The van der Waals surface area contributed by atoms with Crippen molar-refractivity contribution in [2.45, 2.75) is 0 Å². The van der Waals surface area contributed by atoms with Crippen molar-refractivity contribution in [3.05, 3.63) is 29.8 Å². The average Bonchev–Trinajstić information content (AvgIpc) is 2.17. The summed E-state index contributed by atoms with van der Waals surface area (Å²) in [7, 11) is 0.791. The summed E-state index contributed by atoms with van der Waals surface area (Å²) in [6.07, 6.45) is 6.85. The van der Waals surface area contributed by atoms with Gasteiger partial charge in [0.2, 0.25) is 0 Å². The van der Waals surface area contributed by atoms with E-state index in [9.17, 15) is 4.21 Å². The number of hydrogen-bond donors (Lipinski definition) is 0. The van der Waals surface area contributed by atoms with Crippen LogP contribution in [-0.4, -0.2) is 17.5 Å². The van der Waals surface area contributed by atoms with E-state index in [0.717, 1.165) is 11.3 Å². The summed E-state index contributed by atoms with van der Waals surface area (Å²) in [5, 5.41) is 0. The van der Waals surface area contributed by atoms with E-state index < -0.39 is 11.0 Å². The monoisotopic (exact) mass is 193 g/mol. The van der Waals surface area contributed by atoms with Crippen molar-refractivity contribution >= 4 is 16.7 Å². The maximum atomic E-state index is 11.1. The molecule has 0 spiro atoms. The molecule has 0 radical (unpaired) electrons. The molecule has 0 bridgehead atoms. The van der Waals surface area contributed by atoms with Crippen LogP contribution in [0, 0.1) is 12.3 Å². The summed E-state index contributed by atoms with van der Waals surface area (Å²) in [6.45, 7) is 0. The standard InChI is InChI=1S/C10H11NOS/c1-4-9-5-7-10(8-6-9)11(2)13(3)12/h1,5-8H,2-3H3. The topological polar surface area (TPSA) is 20.3 Å². The minimum absolute atomic E-state index is 0.832. The van der Waals surface area contributed by atoms with Crippen LogP contribution < -0.4 is 4.31 Å². The lowest BCUT2D eigenvalue weighted by atomic mass is 10.2. The molecule has 0 heterocycles. The summed E-state index contributed by atoms with van der Waals surface area (Å²) >= 11 is 0. The van der Waals surface area contributed by atoms with Crippen LogP contribution in [0.25, 0.3) is 0 Å². The van der Waals surface area contributed by atoms with Crippen LogP contribution in [-0.2, 0) is 11.0 Å². The summed E-state index contributed by atoms with van der Waals surface area (Å²) < 4.78 is 12.8. The lowest BCUT2D eigenvalue weighted by molar-refractivity contribution is 0.685. The van der Waals surface area contributed by atoms with Crippen LogP contribution in [0.1, 0.15) is 5.56 Å². The van der Waals surface area contributed by atoms with Crippen molar-refractivity contribution in [1.82, 2.24) is 0 Å². The number of terminal acetylenes is 1. The third-order valence-electron chi connectivity index (χ3n) is 1.78. The first kappa shape index (κ1) is 9.82. The van der Waals surface area contributed by atoms with Gasteiger partial charge in [0.25, 0.3) is 0 Å². The van der Waals surface area contributed by atoms with E-state index in [-0.39, 0.29) is 0 Å². The van der Waals surface area contributed by atoms with Gasteiger partial charge in [-0.1, -0.05) is 5.92 Å². The molecule has 0 fully saturated rings. The molecule has 1 rings (SSSR count). The molecule has 2 nitrogen and oxygen atoms in total. The SMILES string of the molecule is C#Cc1ccc(N(C)S(C)=O)cc1. The maximum absolute atomic E-state index is 11.1. The Hall–Kier alpha value is -1.27. The first-order valence-electron chi connectivity index (χ1n) is 3.79. The summed E-state index contributed by atoms with van der Waals surface area (Å²) in [5.41, 5.74) is 1.74. The predicted octanol–water partition coefficient (Wildman–Crippen LogP) is 1.40. The highest BCUT2D eigenvalue weighted by Gasteiger charge is 2.02. The molecule has 3 heteroatoms. The molecule has 68 valence electrons. The molecular weight excluding hydrogens is 182 g/mol. The summed E-state index contributed by atoms with van der Waals surface area (Å²) in [4.78, 5) is 0. The van der Waals surface area contributed by atoms with Gasteiger partial charge < -0.3 is 0 Å². The zero-order valence-electron chi connectivity index (χ0n) is 7.65. The third-order valence-corrected chi connectivity index (χ3v) is 2.77. The minimum Gasteiger partial charge on any atom is -0.295 e. The van der Waals surface area contributed by atoms with Crippen molar-refractivity contribution in [1.29, 1.82) is 0 Å². The largest absolute Gasteiger partial charge is 0.295 e. The Morgan fingerprint density at radius 3 is 2.31 bits per heavy atom. The Morgan fingerprint density at radius 2 is 1.92 bits per heavy atom. The smallest absolute Gasteiger partial charge is 0.116 e. The van der Waals surface area contributed by atoms with Crippen LogP contribution in [0.2, 0.25) is 0 Å². The fourth-order valence-electron chi connectivity index (χ4n) is 0.916. The Balaban J connectivity index is 2.93. The number of anilines is 1. The zero-order valence-corrected chi connectivity index (χ0v) is 8.47. The Bertz CT molecular complexity index is 350. The van der Waals surface area contributed by atoms with Gasteiger partial charge in [0.1, 0.15) is 11.0 Å². The van der Waals surface area contributed by atoms with Crippen LogP contribution >= 0.6 is 0 Å². The summed E-state index contributed by atoms with van der Waals surface area (Å²) in [5.74, 6) is 2.53. The molecule has 1 unspecified atom stereocenters. The molecule has 0 saturated carbocycles. The second kappa shape index (κ2) is 4.11. The Morgan fingerprint density at radius 1 is 1.38 bits per heavy atom. The van der Waals surface area contributed by atoms with Gasteiger partial charge in [0.15, 0.2) is 0 Å². The van der Waals surface area contributed by atoms with E-state index >= 15 is 0 Å². The van der Waals surface area contributed by atoms with Crippen LogP contribution in [0.3, 0.4) is 0 Å². The fraction of sp³-hybridized carbons (Fsp3) is 0.200. The highest BCUT2D eigenvalue weighted by Crippen LogP contribution is 2.13. The normalized spacial score (nSPS) is 11.8. The number of rotatable bonds is 2. The van der Waals surface area contributed by atoms with E-state index in [1.54, 1.807) is 17.6 Å². The van der Waals surface area contributed by atoms with Crippen molar-refractivity contribution in [3.8, 4) is 12.3 Å². The molecule has 0 aliphatic heterocycles. The molecule has 1 aromatic rings. The lowest BCUT2D eigenvalue weighted by Gasteiger charge is -2.14. The molecule has 1 atom stereocenters. The Kier molecular flexibility index (Phi) is 3.10. The third kappa shape index (κ3) is 2.33. The van der Waals surface area contributed by atoms with Gasteiger partial charge >= 0.3 is 0 Å². The second-order valence-corrected chi connectivity index (χ2v) is 4.01. The van der Waals surface area contributed by atoms with Crippen LogP contribution in [0.5, 0.6) is 0 Å². The highest BCUT2D eigenvalue weighted by atomic mass is 32.2. The predicted molar refractivity (Wildman–Crippen MR) is 56.8 cm³/mol. The zero-order chi connectivity index (χ0) is 9.84. The van der Waals surface area contributed by atoms with Crippen LogP contribution in [0.4, 0.5) is 5.69 Å². The fourth-order valence-corrected chi connectivity index (χ4v) is 1.33. The van der Waals surface area contributed by atoms with Gasteiger partial charge in [-0.2, -0.15) is 0 Å². The van der Waals surface area contributed by atoms with E-state index in [1.165, 1.54) is 0 Å². The van der Waals surface area contributed by atoms with Gasteiger partial charge in [-0.25, -0.2) is 4.21 Å². The first-order chi connectivity index (χ1) is 6.15. The van der Waals surface area contributed by atoms with Crippen molar-refractivity contribution in [3.63, 3.8) is 0 Å². The van der Waals surface area contributed by atoms with Gasteiger partial charge in [0, 0.05) is 24.6 Å². The molecule has 0 amide bonds. The van der Waals surface area contributed by atoms with Gasteiger partial charge in [0.05, 0.1) is 0 Å².